The van der Waals surface area contributed by atoms with Gasteiger partial charge >= 0.3 is 17.8 Å². The topological polar surface area (TPSA) is 143 Å². The molecule has 23 heavy (non-hydrogen) atoms. The van der Waals surface area contributed by atoms with Gasteiger partial charge in [0.05, 0.1) is 1.37 Å². The molecule has 1 aliphatic heterocycles. The molecule has 11 nitrogen and oxygen atoms in total. The molecule has 0 bridgehead atoms. The van der Waals surface area contributed by atoms with Gasteiger partial charge in [-0.25, -0.2) is 4.98 Å². The van der Waals surface area contributed by atoms with Crippen molar-refractivity contribution in [1.29, 1.82) is 0 Å². The fourth-order valence-corrected chi connectivity index (χ4v) is 2.07. The minimum absolute atomic E-state index is 0.419. The van der Waals surface area contributed by atoms with Crippen molar-refractivity contribution in [2.24, 2.45) is 0 Å². The van der Waals surface area contributed by atoms with Gasteiger partial charge in [-0.1, -0.05) is 0 Å². The van der Waals surface area contributed by atoms with Gasteiger partial charge in [0.25, 0.3) is 0 Å². The normalized spacial score (nSPS) is 30.6. The summed E-state index contributed by atoms with van der Waals surface area (Å²) in [5.74, 6) is -2.07. The zero-order chi connectivity index (χ0) is 18.1. The van der Waals surface area contributed by atoms with Gasteiger partial charge in [-0.3, -0.25) is 9.59 Å². The number of rotatable bonds is 5. The van der Waals surface area contributed by atoms with Crippen molar-refractivity contribution < 1.29 is 35.2 Å². The Labute approximate surface area is 131 Å². The van der Waals surface area contributed by atoms with Crippen molar-refractivity contribution in [2.75, 3.05) is 6.61 Å². The van der Waals surface area contributed by atoms with Crippen molar-refractivity contribution in [3.8, 4) is 0 Å². The van der Waals surface area contributed by atoms with Crippen molar-refractivity contribution in [3.63, 3.8) is 0 Å². The highest BCUT2D eigenvalue weighted by atomic mass is 16.6. The lowest BCUT2D eigenvalue weighted by atomic mass is 10.1. The molecule has 1 aliphatic rings. The average molecular weight is 330 g/mol. The first-order valence-corrected chi connectivity index (χ1v) is 6.49. The Hall–Kier alpha value is -2.53. The summed E-state index contributed by atoms with van der Waals surface area (Å²) in [6.45, 7) is 1.73. The van der Waals surface area contributed by atoms with Crippen LogP contribution in [0.1, 0.15) is 21.4 Å². The molecule has 0 spiro atoms. The Balaban J connectivity index is 2.38. The van der Waals surface area contributed by atoms with Crippen LogP contribution < -0.4 is 0 Å². The molecule has 0 aliphatic carbocycles. The van der Waals surface area contributed by atoms with Gasteiger partial charge in [-0.2, -0.15) is 4.57 Å². The van der Waals surface area contributed by atoms with Crippen LogP contribution in [0.4, 0.5) is 5.82 Å². The summed E-state index contributed by atoms with van der Waals surface area (Å²) in [6, 6.07) is 0. The first kappa shape index (κ1) is 15.4. The quantitative estimate of drug-likeness (QED) is 0.431. The van der Waals surface area contributed by atoms with Crippen molar-refractivity contribution in [3.05, 3.63) is 22.6 Å². The molecule has 0 aromatic carbocycles. The number of hydrogen-bond donors (Lipinski definition) is 1. The minimum atomic E-state index is -2.39. The van der Waals surface area contributed by atoms with E-state index in [2.05, 4.69) is 4.98 Å². The molecule has 1 fully saturated rings. The highest BCUT2D eigenvalue weighted by molar-refractivity contribution is 5.66. The second kappa shape index (κ2) is 6.71. The molecule has 2 heterocycles. The molecule has 0 unspecified atom stereocenters. The molecular formula is C12H15N3O8. The van der Waals surface area contributed by atoms with Gasteiger partial charge in [-0.15, -0.1) is 0 Å². The van der Waals surface area contributed by atoms with E-state index in [1.54, 1.807) is 0 Å². The summed E-state index contributed by atoms with van der Waals surface area (Å²) in [7, 11) is 0. The SMILES string of the molecule is [2H][C@@]1(OC(C)=O)[C@H](O)[C@@H](COC(C)=O)O[C@H]1n1cncc1[N+](=O)[O-]. The second-order valence-corrected chi connectivity index (χ2v) is 4.69. The monoisotopic (exact) mass is 330 g/mol. The van der Waals surface area contributed by atoms with Crippen LogP contribution in [0.3, 0.4) is 0 Å². The Morgan fingerprint density at radius 2 is 2.26 bits per heavy atom. The predicted octanol–water partition coefficient (Wildman–Crippen LogP) is -0.456. The summed E-state index contributed by atoms with van der Waals surface area (Å²) < 4.78 is 24.1. The molecule has 1 saturated heterocycles. The third-order valence-corrected chi connectivity index (χ3v) is 2.99. The fourth-order valence-electron chi connectivity index (χ4n) is 2.07. The predicted molar refractivity (Wildman–Crippen MR) is 71.0 cm³/mol. The van der Waals surface area contributed by atoms with Crippen molar-refractivity contribution in [2.45, 2.75) is 38.4 Å². The molecular weight excluding hydrogens is 314 g/mol. The van der Waals surface area contributed by atoms with Crippen LogP contribution in [0.25, 0.3) is 0 Å². The molecule has 4 atom stereocenters. The molecule has 2 rings (SSSR count). The molecule has 0 radical (unpaired) electrons. The highest BCUT2D eigenvalue weighted by Gasteiger charge is 2.51. The Bertz CT molecular complexity index is 664. The Morgan fingerprint density at radius 1 is 1.57 bits per heavy atom. The van der Waals surface area contributed by atoms with E-state index in [1.807, 2.05) is 0 Å². The molecule has 0 saturated carbocycles. The lowest BCUT2D eigenvalue weighted by molar-refractivity contribution is -0.394. The zero-order valence-corrected chi connectivity index (χ0v) is 12.2. The second-order valence-electron chi connectivity index (χ2n) is 4.69. The van der Waals surface area contributed by atoms with Gasteiger partial charge in [0, 0.05) is 13.8 Å². The van der Waals surface area contributed by atoms with E-state index in [0.717, 1.165) is 30.9 Å². The van der Waals surface area contributed by atoms with E-state index in [9.17, 15) is 24.8 Å². The van der Waals surface area contributed by atoms with Crippen LogP contribution in [0, 0.1) is 10.1 Å². The summed E-state index contributed by atoms with van der Waals surface area (Å²) in [6.07, 6.45) is -4.95. The van der Waals surface area contributed by atoms with E-state index >= 15 is 0 Å². The van der Waals surface area contributed by atoms with E-state index in [4.69, 9.17) is 15.6 Å². The van der Waals surface area contributed by atoms with Crippen LogP contribution in [0.15, 0.2) is 12.5 Å². The van der Waals surface area contributed by atoms with E-state index in [-0.39, 0.29) is 0 Å². The number of hydrogen-bond acceptors (Lipinski definition) is 9. The number of esters is 2. The van der Waals surface area contributed by atoms with Crippen molar-refractivity contribution in [1.82, 2.24) is 9.55 Å². The number of imidazole rings is 1. The Kier molecular flexibility index (Phi) is 4.48. The van der Waals surface area contributed by atoms with Gasteiger partial charge in [0.15, 0.2) is 12.4 Å². The molecule has 11 heteroatoms. The first-order valence-electron chi connectivity index (χ1n) is 6.99. The maximum atomic E-state index is 11.3. The Morgan fingerprint density at radius 3 is 2.83 bits per heavy atom. The highest BCUT2D eigenvalue weighted by Crippen LogP contribution is 2.34. The molecule has 126 valence electrons. The number of aliphatic hydroxyl groups excluding tert-OH is 1. The maximum Gasteiger partial charge on any atom is 0.344 e. The van der Waals surface area contributed by atoms with Gasteiger partial charge in [-0.05, 0) is 4.92 Å². The van der Waals surface area contributed by atoms with Crippen LogP contribution in [0.5, 0.6) is 0 Å². The van der Waals surface area contributed by atoms with E-state index in [1.165, 1.54) is 0 Å². The number of nitro groups is 1. The molecule has 1 aromatic rings. The molecule has 0 amide bonds. The smallest absolute Gasteiger partial charge is 0.344 e. The number of aliphatic hydroxyl groups is 1. The largest absolute Gasteiger partial charge is 0.463 e. The van der Waals surface area contributed by atoms with Gasteiger partial charge < -0.3 is 29.4 Å². The summed E-state index contributed by atoms with van der Waals surface area (Å²) in [5.41, 5.74) is 0. The summed E-state index contributed by atoms with van der Waals surface area (Å²) in [4.78, 5) is 36.1. The fraction of sp³-hybridized carbons (Fsp3) is 0.583. The lowest BCUT2D eigenvalue weighted by Crippen LogP contribution is -2.37. The number of carbonyl (C=O) groups excluding carboxylic acids is 2. The van der Waals surface area contributed by atoms with E-state index in [0.29, 0.717) is 0 Å². The van der Waals surface area contributed by atoms with Gasteiger partial charge in [0.1, 0.15) is 25.0 Å². The maximum absolute atomic E-state index is 11.3. The summed E-state index contributed by atoms with van der Waals surface area (Å²) >= 11 is 0. The number of ether oxygens (including phenoxy) is 3. The standard InChI is InChI=1S/C12H15N3O8/c1-6(16)21-4-8-10(18)11(22-7(2)17)12(23-8)14-5-13-3-9(14)15(19)20/h3,5,8,10-12,18H,4H2,1-2H3/t8-,10-,11-,12-/m1/s1/i11D. The third kappa shape index (κ3) is 3.63. The zero-order valence-electron chi connectivity index (χ0n) is 13.2. The minimum Gasteiger partial charge on any atom is -0.463 e. The molecule has 1 aromatic heterocycles. The van der Waals surface area contributed by atoms with Crippen LogP contribution in [0.2, 0.25) is 0 Å². The van der Waals surface area contributed by atoms with Crippen LogP contribution in [-0.4, -0.2) is 56.4 Å². The number of carbonyl (C=O) groups is 2. The number of aromatic nitrogens is 2. The van der Waals surface area contributed by atoms with Crippen LogP contribution >= 0.6 is 0 Å². The number of nitrogens with zero attached hydrogens (tertiary/aromatic N) is 3. The van der Waals surface area contributed by atoms with E-state index < -0.39 is 53.8 Å². The van der Waals surface area contributed by atoms with Crippen LogP contribution in [-0.2, 0) is 23.8 Å². The average Bonchev–Trinajstić information content (AvgIpc) is 3.02. The lowest BCUT2D eigenvalue weighted by Gasteiger charge is -2.18. The van der Waals surface area contributed by atoms with Gasteiger partial charge in [0.2, 0.25) is 6.23 Å². The summed E-state index contributed by atoms with van der Waals surface area (Å²) in [5, 5.41) is 21.3. The third-order valence-electron chi connectivity index (χ3n) is 2.99. The first-order chi connectivity index (χ1) is 11.2. The molecule has 1 N–H and O–H groups in total. The van der Waals surface area contributed by atoms with Crippen molar-refractivity contribution >= 4 is 17.8 Å².